The zero-order valence-electron chi connectivity index (χ0n) is 24.4. The Hall–Kier alpha value is -5.66. The molecule has 216 valence electrons. The molecule has 1 atom stereocenters. The minimum absolute atomic E-state index is 0.167. The summed E-state index contributed by atoms with van der Waals surface area (Å²) < 4.78 is 1.17. The van der Waals surface area contributed by atoms with Crippen molar-refractivity contribution >= 4 is 39.0 Å². The van der Waals surface area contributed by atoms with Crippen LogP contribution in [-0.2, 0) is 0 Å². The van der Waals surface area contributed by atoms with Crippen LogP contribution < -0.4 is 5.32 Å². The van der Waals surface area contributed by atoms with E-state index in [1.54, 1.807) is 17.4 Å². The van der Waals surface area contributed by atoms with Gasteiger partial charge in [0.1, 0.15) is 10.4 Å². The number of nitrogens with zero attached hydrogens (tertiary/aromatic N) is 3. The van der Waals surface area contributed by atoms with Crippen molar-refractivity contribution in [3.63, 3.8) is 0 Å². The quantitative estimate of drug-likeness (QED) is 0.206. The number of para-hydroxylation sites is 2. The van der Waals surface area contributed by atoms with E-state index < -0.39 is 0 Å². The molecule has 0 radical (unpaired) electrons. The lowest BCUT2D eigenvalue weighted by Gasteiger charge is -2.14. The molecule has 0 saturated heterocycles. The van der Waals surface area contributed by atoms with Crippen molar-refractivity contribution in [1.29, 1.82) is 10.5 Å². The molecule has 6 heteroatoms. The lowest BCUT2D eigenvalue weighted by Crippen LogP contribution is -2.00. The first-order chi connectivity index (χ1) is 22.6. The number of thioether (sulfide) groups is 1. The van der Waals surface area contributed by atoms with Gasteiger partial charge in [-0.2, -0.15) is 10.5 Å². The van der Waals surface area contributed by atoms with Crippen molar-refractivity contribution < 1.29 is 0 Å². The summed E-state index contributed by atoms with van der Waals surface area (Å²) in [6.45, 7) is 0. The predicted octanol–water partition coefficient (Wildman–Crippen LogP) is 10.9. The summed E-state index contributed by atoms with van der Waals surface area (Å²) in [6, 6.07) is 50.1. The van der Waals surface area contributed by atoms with Crippen molar-refractivity contribution in [1.82, 2.24) is 4.98 Å². The fourth-order valence-electron chi connectivity index (χ4n) is 5.84. The van der Waals surface area contributed by atoms with Gasteiger partial charge in [0.15, 0.2) is 0 Å². The molecule has 6 aromatic carbocycles. The number of anilines is 1. The minimum Gasteiger partial charge on any atom is -0.368 e. The third-order valence-corrected chi connectivity index (χ3v) is 10.5. The second-order valence-corrected chi connectivity index (χ2v) is 13.3. The molecule has 1 aromatic heterocycles. The van der Waals surface area contributed by atoms with E-state index in [4.69, 9.17) is 4.98 Å². The van der Waals surface area contributed by atoms with Crippen molar-refractivity contribution in [2.45, 2.75) is 10.3 Å². The highest BCUT2D eigenvalue weighted by Crippen LogP contribution is 2.46. The van der Waals surface area contributed by atoms with E-state index in [0.29, 0.717) is 11.1 Å². The largest absolute Gasteiger partial charge is 0.368 e. The van der Waals surface area contributed by atoms with Crippen LogP contribution in [0, 0.1) is 22.7 Å². The molecule has 1 N–H and O–H groups in total. The molecule has 0 spiro atoms. The molecule has 8 rings (SSSR count). The zero-order valence-corrected chi connectivity index (χ0v) is 26.1. The van der Waals surface area contributed by atoms with Crippen LogP contribution in [0.5, 0.6) is 0 Å². The summed E-state index contributed by atoms with van der Waals surface area (Å²) in [5.74, 6) is 0. The molecule has 2 heterocycles. The van der Waals surface area contributed by atoms with Crippen molar-refractivity contribution in [3.05, 3.63) is 150 Å². The van der Waals surface area contributed by atoms with Crippen molar-refractivity contribution in [2.75, 3.05) is 5.32 Å². The van der Waals surface area contributed by atoms with E-state index in [2.05, 4.69) is 115 Å². The second-order valence-electron chi connectivity index (χ2n) is 11.1. The van der Waals surface area contributed by atoms with Crippen LogP contribution in [0.2, 0.25) is 0 Å². The van der Waals surface area contributed by atoms with Crippen LogP contribution in [0.25, 0.3) is 54.2 Å². The number of nitriles is 2. The fraction of sp³-hybridized carbons (Fsp3) is 0.0250. The topological polar surface area (TPSA) is 72.5 Å². The molecule has 46 heavy (non-hydrogen) atoms. The van der Waals surface area contributed by atoms with Crippen molar-refractivity contribution in [2.24, 2.45) is 0 Å². The maximum atomic E-state index is 9.66. The SMILES string of the molecule is N#Cc1cc(C#N)cc(-c2cc(-c3ccc(-c4nc5ccccc5s4)cc3)cc(-c3ccc(C4Nc5ccccc5S4)cc3)c2)c1. The lowest BCUT2D eigenvalue weighted by molar-refractivity contribution is 1.13. The van der Waals surface area contributed by atoms with Gasteiger partial charge < -0.3 is 5.32 Å². The number of fused-ring (bicyclic) bond motifs is 2. The standard InChI is InChI=1S/C40H24N4S2/c41-23-25-17-26(24-42)19-31(18-25)34-21-32(27-9-13-29(14-10-27)39-43-35-5-1-3-7-37(35)45-39)20-33(22-34)28-11-15-30(16-12-28)40-44-36-6-2-4-8-38(36)46-40/h1-22,39,43H. The Labute approximate surface area is 275 Å². The Morgan fingerprint density at radius 1 is 0.565 bits per heavy atom. The molecule has 0 saturated carbocycles. The smallest absolute Gasteiger partial charge is 0.124 e. The zero-order chi connectivity index (χ0) is 31.0. The molecule has 1 aliphatic heterocycles. The first kappa shape index (κ1) is 27.9. The Bertz CT molecular complexity index is 2250. The summed E-state index contributed by atoms with van der Waals surface area (Å²) in [4.78, 5) is 6.10. The number of hydrogen-bond donors (Lipinski definition) is 1. The maximum absolute atomic E-state index is 9.66. The first-order valence-electron chi connectivity index (χ1n) is 14.8. The molecule has 0 fully saturated rings. The summed E-state index contributed by atoms with van der Waals surface area (Å²) in [7, 11) is 0. The highest BCUT2D eigenvalue weighted by atomic mass is 32.2. The monoisotopic (exact) mass is 624 g/mol. The van der Waals surface area contributed by atoms with Gasteiger partial charge in [-0.05, 0) is 99.6 Å². The molecule has 0 aliphatic carbocycles. The van der Waals surface area contributed by atoms with Crippen LogP contribution in [0.15, 0.2) is 138 Å². The number of nitrogens with one attached hydrogen (secondary N) is 1. The normalized spacial score (nSPS) is 13.5. The van der Waals surface area contributed by atoms with E-state index in [1.807, 2.05) is 42.1 Å². The lowest BCUT2D eigenvalue weighted by atomic mass is 9.91. The third-order valence-electron chi connectivity index (χ3n) is 8.18. The molecule has 1 aliphatic rings. The average molecular weight is 625 g/mol. The molecule has 0 bridgehead atoms. The average Bonchev–Trinajstić information content (AvgIpc) is 3.76. The molecule has 4 nitrogen and oxygen atoms in total. The number of rotatable bonds is 5. The Morgan fingerprint density at radius 3 is 1.78 bits per heavy atom. The summed E-state index contributed by atoms with van der Waals surface area (Å²) in [5, 5.41) is 24.1. The highest BCUT2D eigenvalue weighted by Gasteiger charge is 2.22. The van der Waals surface area contributed by atoms with Crippen LogP contribution >= 0.6 is 23.1 Å². The predicted molar refractivity (Wildman–Crippen MR) is 189 cm³/mol. The minimum atomic E-state index is 0.167. The van der Waals surface area contributed by atoms with E-state index >= 15 is 0 Å². The summed E-state index contributed by atoms with van der Waals surface area (Å²) in [6.07, 6.45) is 0. The Kier molecular flexibility index (Phi) is 7.08. The third kappa shape index (κ3) is 5.31. The van der Waals surface area contributed by atoms with Crippen LogP contribution in [-0.4, -0.2) is 4.98 Å². The molecular formula is C40H24N4S2. The van der Waals surface area contributed by atoms with Crippen LogP contribution in [0.3, 0.4) is 0 Å². The molecule has 0 amide bonds. The molecular weight excluding hydrogens is 601 g/mol. The fourth-order valence-corrected chi connectivity index (χ4v) is 7.96. The van der Waals surface area contributed by atoms with E-state index in [-0.39, 0.29) is 5.37 Å². The van der Waals surface area contributed by atoms with Gasteiger partial charge in [-0.15, -0.1) is 11.3 Å². The van der Waals surface area contributed by atoms with Gasteiger partial charge in [-0.3, -0.25) is 0 Å². The van der Waals surface area contributed by atoms with Crippen LogP contribution in [0.1, 0.15) is 22.1 Å². The van der Waals surface area contributed by atoms with E-state index in [9.17, 15) is 10.5 Å². The van der Waals surface area contributed by atoms with Gasteiger partial charge in [-0.25, -0.2) is 4.98 Å². The van der Waals surface area contributed by atoms with Crippen LogP contribution in [0.4, 0.5) is 5.69 Å². The van der Waals surface area contributed by atoms with E-state index in [1.165, 1.54) is 20.8 Å². The van der Waals surface area contributed by atoms with Crippen molar-refractivity contribution in [3.8, 4) is 56.1 Å². The summed E-state index contributed by atoms with van der Waals surface area (Å²) >= 11 is 3.53. The van der Waals surface area contributed by atoms with Gasteiger partial charge in [0, 0.05) is 16.1 Å². The molecule has 7 aromatic rings. The maximum Gasteiger partial charge on any atom is 0.124 e. The van der Waals surface area contributed by atoms with E-state index in [0.717, 1.165) is 49.5 Å². The summed E-state index contributed by atoms with van der Waals surface area (Å²) in [5.41, 5.74) is 11.5. The number of hydrogen-bond acceptors (Lipinski definition) is 6. The number of benzene rings is 6. The van der Waals surface area contributed by atoms with Gasteiger partial charge in [0.25, 0.3) is 0 Å². The Balaban J connectivity index is 1.18. The van der Waals surface area contributed by atoms with Gasteiger partial charge >= 0.3 is 0 Å². The molecule has 1 unspecified atom stereocenters. The Morgan fingerprint density at radius 2 is 1.13 bits per heavy atom. The highest BCUT2D eigenvalue weighted by molar-refractivity contribution is 8.00. The van der Waals surface area contributed by atoms with Gasteiger partial charge in [0.2, 0.25) is 0 Å². The van der Waals surface area contributed by atoms with Gasteiger partial charge in [0.05, 0.1) is 33.5 Å². The number of aromatic nitrogens is 1. The van der Waals surface area contributed by atoms with Gasteiger partial charge in [-0.1, -0.05) is 84.6 Å². The number of thiazole rings is 1. The first-order valence-corrected chi connectivity index (χ1v) is 16.5. The second kappa shape index (κ2) is 11.7.